The van der Waals surface area contributed by atoms with Crippen LogP contribution < -0.4 is 5.32 Å². The molecule has 2 rings (SSSR count). The first-order chi connectivity index (χ1) is 8.03. The summed E-state index contributed by atoms with van der Waals surface area (Å²) in [6.07, 6.45) is 3.90. The Morgan fingerprint density at radius 3 is 2.65 bits per heavy atom. The number of nitrogens with one attached hydrogen (secondary N) is 1. The molecule has 5 heteroatoms. The molecular formula is C12H15NO3S. The normalized spacial score (nSPS) is 17.9. The van der Waals surface area contributed by atoms with E-state index in [4.69, 9.17) is 5.11 Å². The molecule has 1 saturated carbocycles. The Balaban J connectivity index is 2.13. The van der Waals surface area contributed by atoms with E-state index in [1.165, 1.54) is 17.4 Å². The fourth-order valence-corrected chi connectivity index (χ4v) is 2.99. The number of carboxylic acid groups (broad SMARTS) is 1. The zero-order valence-corrected chi connectivity index (χ0v) is 10.5. The highest BCUT2D eigenvalue weighted by Gasteiger charge is 2.36. The molecule has 1 fully saturated rings. The van der Waals surface area contributed by atoms with Crippen LogP contribution in [0.4, 0.5) is 5.00 Å². The van der Waals surface area contributed by atoms with Gasteiger partial charge in [0.2, 0.25) is 5.91 Å². The van der Waals surface area contributed by atoms with Crippen molar-refractivity contribution in [2.45, 2.75) is 32.6 Å². The minimum atomic E-state index is -1.00. The Hall–Kier alpha value is -1.36. The van der Waals surface area contributed by atoms with Crippen LogP contribution in [0.1, 0.15) is 43.0 Å². The van der Waals surface area contributed by atoms with Gasteiger partial charge in [0.1, 0.15) is 5.00 Å². The van der Waals surface area contributed by atoms with Gasteiger partial charge in [-0.15, -0.1) is 11.3 Å². The summed E-state index contributed by atoms with van der Waals surface area (Å²) >= 11 is 1.25. The highest BCUT2D eigenvalue weighted by atomic mass is 32.1. The SMILES string of the molecule is CC1(C(=O)Nc2sccc2C(=O)O)CCCC1. The lowest BCUT2D eigenvalue weighted by molar-refractivity contribution is -0.124. The van der Waals surface area contributed by atoms with E-state index in [0.29, 0.717) is 5.00 Å². The van der Waals surface area contributed by atoms with Crippen molar-refractivity contribution >= 4 is 28.2 Å². The first-order valence-electron chi connectivity index (χ1n) is 5.65. The van der Waals surface area contributed by atoms with Crippen LogP contribution in [0.25, 0.3) is 0 Å². The van der Waals surface area contributed by atoms with Crippen molar-refractivity contribution in [3.05, 3.63) is 17.0 Å². The maximum absolute atomic E-state index is 12.1. The van der Waals surface area contributed by atoms with E-state index >= 15 is 0 Å². The third-order valence-corrected chi connectivity index (χ3v) is 4.21. The van der Waals surface area contributed by atoms with Crippen LogP contribution >= 0.6 is 11.3 Å². The van der Waals surface area contributed by atoms with Gasteiger partial charge in [0.15, 0.2) is 0 Å². The number of amides is 1. The van der Waals surface area contributed by atoms with Gasteiger partial charge in [-0.3, -0.25) is 4.79 Å². The topological polar surface area (TPSA) is 66.4 Å². The van der Waals surface area contributed by atoms with E-state index < -0.39 is 5.97 Å². The number of anilines is 1. The van der Waals surface area contributed by atoms with Crippen LogP contribution in [0, 0.1) is 5.41 Å². The number of rotatable bonds is 3. The summed E-state index contributed by atoms with van der Waals surface area (Å²) < 4.78 is 0. The summed E-state index contributed by atoms with van der Waals surface area (Å²) in [6, 6.07) is 1.51. The van der Waals surface area contributed by atoms with E-state index in [0.717, 1.165) is 25.7 Å². The lowest BCUT2D eigenvalue weighted by Gasteiger charge is -2.21. The van der Waals surface area contributed by atoms with Crippen molar-refractivity contribution < 1.29 is 14.7 Å². The van der Waals surface area contributed by atoms with Gasteiger partial charge in [-0.2, -0.15) is 0 Å². The van der Waals surface area contributed by atoms with Crippen molar-refractivity contribution in [2.75, 3.05) is 5.32 Å². The Morgan fingerprint density at radius 1 is 1.41 bits per heavy atom. The highest BCUT2D eigenvalue weighted by Crippen LogP contribution is 2.39. The third-order valence-electron chi connectivity index (χ3n) is 3.38. The van der Waals surface area contributed by atoms with E-state index in [9.17, 15) is 9.59 Å². The minimum Gasteiger partial charge on any atom is -0.478 e. The summed E-state index contributed by atoms with van der Waals surface area (Å²) in [5, 5.41) is 13.8. The zero-order chi connectivity index (χ0) is 12.5. The van der Waals surface area contributed by atoms with Crippen LogP contribution in [-0.4, -0.2) is 17.0 Å². The van der Waals surface area contributed by atoms with Crippen molar-refractivity contribution in [2.24, 2.45) is 5.41 Å². The van der Waals surface area contributed by atoms with Crippen molar-refractivity contribution in [3.63, 3.8) is 0 Å². The van der Waals surface area contributed by atoms with Gasteiger partial charge in [-0.1, -0.05) is 19.8 Å². The molecule has 2 N–H and O–H groups in total. The predicted molar refractivity (Wildman–Crippen MR) is 66.5 cm³/mol. The van der Waals surface area contributed by atoms with Gasteiger partial charge in [0.05, 0.1) is 5.56 Å². The molecule has 17 heavy (non-hydrogen) atoms. The van der Waals surface area contributed by atoms with Gasteiger partial charge in [-0.05, 0) is 24.3 Å². The minimum absolute atomic E-state index is 0.0556. The molecule has 0 bridgehead atoms. The average Bonchev–Trinajstić information content (AvgIpc) is 2.87. The van der Waals surface area contributed by atoms with Crippen LogP contribution in [0.5, 0.6) is 0 Å². The Morgan fingerprint density at radius 2 is 2.06 bits per heavy atom. The summed E-state index contributed by atoms with van der Waals surface area (Å²) in [7, 11) is 0. The smallest absolute Gasteiger partial charge is 0.338 e. The maximum atomic E-state index is 12.1. The van der Waals surface area contributed by atoms with Gasteiger partial charge >= 0.3 is 5.97 Å². The van der Waals surface area contributed by atoms with Gasteiger partial charge in [0.25, 0.3) is 0 Å². The molecule has 0 atom stereocenters. The fourth-order valence-electron chi connectivity index (χ4n) is 2.21. The van der Waals surface area contributed by atoms with Gasteiger partial charge in [0, 0.05) is 5.41 Å². The number of carbonyl (C=O) groups is 2. The average molecular weight is 253 g/mol. The Bertz CT molecular complexity index is 446. The van der Waals surface area contributed by atoms with Gasteiger partial charge in [-0.25, -0.2) is 4.79 Å². The van der Waals surface area contributed by atoms with Crippen LogP contribution in [0.2, 0.25) is 0 Å². The molecule has 1 aromatic heterocycles. The van der Waals surface area contributed by atoms with Crippen molar-refractivity contribution in [1.29, 1.82) is 0 Å². The number of hydrogen-bond acceptors (Lipinski definition) is 3. The van der Waals surface area contributed by atoms with Crippen molar-refractivity contribution in [3.8, 4) is 0 Å². The Labute approximate surface area is 104 Å². The summed E-state index contributed by atoms with van der Waals surface area (Å²) in [6.45, 7) is 1.95. The number of carbonyl (C=O) groups excluding carboxylic acids is 1. The summed E-state index contributed by atoms with van der Waals surface area (Å²) in [5.74, 6) is -1.06. The standard InChI is InChI=1S/C12H15NO3S/c1-12(5-2-3-6-12)11(16)13-9-8(10(14)15)4-7-17-9/h4,7H,2-3,5-6H2,1H3,(H,13,16)(H,14,15). The van der Waals surface area contributed by atoms with Crippen LogP contribution in [0.15, 0.2) is 11.4 Å². The van der Waals surface area contributed by atoms with Crippen LogP contribution in [0.3, 0.4) is 0 Å². The summed E-state index contributed by atoms with van der Waals surface area (Å²) in [4.78, 5) is 23.0. The second kappa shape index (κ2) is 4.49. The van der Waals surface area contributed by atoms with E-state index in [2.05, 4.69) is 5.32 Å². The molecule has 0 saturated heterocycles. The maximum Gasteiger partial charge on any atom is 0.338 e. The molecule has 0 unspecified atom stereocenters. The summed E-state index contributed by atoms with van der Waals surface area (Å²) in [5.41, 5.74) is -0.162. The highest BCUT2D eigenvalue weighted by molar-refractivity contribution is 7.14. The first-order valence-corrected chi connectivity index (χ1v) is 6.53. The molecule has 1 amide bonds. The number of hydrogen-bond donors (Lipinski definition) is 2. The third kappa shape index (κ3) is 2.34. The second-order valence-electron chi connectivity index (χ2n) is 4.69. The molecule has 0 spiro atoms. The largest absolute Gasteiger partial charge is 0.478 e. The predicted octanol–water partition coefficient (Wildman–Crippen LogP) is 2.97. The van der Waals surface area contributed by atoms with Crippen LogP contribution in [-0.2, 0) is 4.79 Å². The second-order valence-corrected chi connectivity index (χ2v) is 5.61. The molecule has 0 aromatic carbocycles. The molecule has 0 aliphatic heterocycles. The quantitative estimate of drug-likeness (QED) is 0.870. The van der Waals surface area contributed by atoms with E-state index in [1.807, 2.05) is 6.92 Å². The molecule has 92 valence electrons. The molecule has 4 nitrogen and oxygen atoms in total. The monoisotopic (exact) mass is 253 g/mol. The van der Waals surface area contributed by atoms with E-state index in [-0.39, 0.29) is 16.9 Å². The molecule has 0 radical (unpaired) electrons. The zero-order valence-electron chi connectivity index (χ0n) is 9.66. The lowest BCUT2D eigenvalue weighted by atomic mass is 9.88. The Kier molecular flexibility index (Phi) is 3.19. The first kappa shape index (κ1) is 12.1. The molecular weight excluding hydrogens is 238 g/mol. The van der Waals surface area contributed by atoms with Gasteiger partial charge < -0.3 is 10.4 Å². The molecule has 1 aliphatic rings. The molecule has 1 aromatic rings. The lowest BCUT2D eigenvalue weighted by Crippen LogP contribution is -2.30. The number of thiophene rings is 1. The number of carboxylic acids is 1. The van der Waals surface area contributed by atoms with E-state index in [1.54, 1.807) is 5.38 Å². The van der Waals surface area contributed by atoms with Crippen molar-refractivity contribution in [1.82, 2.24) is 0 Å². The molecule has 1 heterocycles. The fraction of sp³-hybridized carbons (Fsp3) is 0.500. The number of aromatic carboxylic acids is 1. The molecule has 1 aliphatic carbocycles.